The molecular weight excluding hydrogens is 489 g/mol. The van der Waals surface area contributed by atoms with E-state index in [1.807, 2.05) is 0 Å². The monoisotopic (exact) mass is 507 g/mol. The normalized spacial score (nSPS) is 19.0. The summed E-state index contributed by atoms with van der Waals surface area (Å²) in [6.07, 6.45) is 0.664. The van der Waals surface area contributed by atoms with Gasteiger partial charge in [-0.25, -0.2) is 9.82 Å². The second-order valence-electron chi connectivity index (χ2n) is 6.90. The first kappa shape index (κ1) is 21.9. The third kappa shape index (κ3) is 3.83. The quantitative estimate of drug-likeness (QED) is 0.474. The number of carbonyl (C=O) groups excluding carboxylic acids is 1. The highest BCUT2D eigenvalue weighted by Gasteiger charge is 2.42. The molecule has 0 saturated carbocycles. The van der Waals surface area contributed by atoms with E-state index in [4.69, 9.17) is 23.8 Å². The lowest BCUT2D eigenvalue weighted by molar-refractivity contribution is -0.115. The molecule has 32 heavy (non-hydrogen) atoms. The van der Waals surface area contributed by atoms with Gasteiger partial charge < -0.3 is 23.8 Å². The predicted octanol–water partition coefficient (Wildman–Crippen LogP) is 3.55. The molecule has 1 N–H and O–H groups in total. The molecule has 0 saturated heterocycles. The highest BCUT2D eigenvalue weighted by molar-refractivity contribution is 9.10. The summed E-state index contributed by atoms with van der Waals surface area (Å²) in [4.78, 5) is 18.2. The van der Waals surface area contributed by atoms with Gasteiger partial charge in [0.2, 0.25) is 18.3 Å². The third-order valence-corrected chi connectivity index (χ3v) is 5.80. The lowest BCUT2D eigenvalue weighted by atomic mass is 9.92. The Morgan fingerprint density at radius 1 is 1.28 bits per heavy atom. The van der Waals surface area contributed by atoms with Crippen molar-refractivity contribution in [1.82, 2.24) is 5.43 Å². The van der Waals surface area contributed by atoms with Crippen LogP contribution in [0.3, 0.4) is 0 Å². The van der Waals surface area contributed by atoms with Crippen LogP contribution in [0.4, 0.5) is 4.39 Å². The molecule has 168 valence electrons. The van der Waals surface area contributed by atoms with Gasteiger partial charge in [-0.2, -0.15) is 5.10 Å². The molecule has 11 heteroatoms. The van der Waals surface area contributed by atoms with E-state index in [-0.39, 0.29) is 12.5 Å². The Morgan fingerprint density at radius 2 is 2.03 bits per heavy atom. The minimum atomic E-state index is -0.671. The van der Waals surface area contributed by atoms with E-state index in [0.29, 0.717) is 38.6 Å². The molecule has 0 radical (unpaired) electrons. The van der Waals surface area contributed by atoms with E-state index in [9.17, 15) is 9.18 Å². The summed E-state index contributed by atoms with van der Waals surface area (Å²) >= 11 is 3.53. The standard InChI is InChI=1S/C21H19BrFN3O6/c1-10-15(21(27)25-24-8-11-5-4-6-12(23)7-11)26-32-16(10)13-14(22)18-20(31-9-30-18)19(29-3)17(13)28-2/h4-8,10,16H,9H2,1-3H3,(H,25,27)/b24-8-/t10-,16+/m1/s1. The summed E-state index contributed by atoms with van der Waals surface area (Å²) in [6.45, 7) is 1.82. The van der Waals surface area contributed by atoms with Crippen LogP contribution in [0.2, 0.25) is 0 Å². The van der Waals surface area contributed by atoms with Gasteiger partial charge in [0.15, 0.2) is 23.3 Å². The van der Waals surface area contributed by atoms with Crippen molar-refractivity contribution in [3.8, 4) is 23.0 Å². The van der Waals surface area contributed by atoms with Crippen molar-refractivity contribution in [3.05, 3.63) is 45.7 Å². The Bertz CT molecular complexity index is 1120. The van der Waals surface area contributed by atoms with E-state index >= 15 is 0 Å². The summed E-state index contributed by atoms with van der Waals surface area (Å²) in [5.41, 5.74) is 3.59. The van der Waals surface area contributed by atoms with Crippen LogP contribution in [0.5, 0.6) is 23.0 Å². The highest BCUT2D eigenvalue weighted by atomic mass is 79.9. The molecule has 0 fully saturated rings. The van der Waals surface area contributed by atoms with Crippen LogP contribution in [0.15, 0.2) is 39.0 Å². The first-order valence-corrected chi connectivity index (χ1v) is 10.3. The minimum absolute atomic E-state index is 0.0332. The minimum Gasteiger partial charge on any atom is -0.492 e. The second kappa shape index (κ2) is 9.03. The van der Waals surface area contributed by atoms with Crippen molar-refractivity contribution in [3.63, 3.8) is 0 Å². The second-order valence-corrected chi connectivity index (χ2v) is 7.70. The van der Waals surface area contributed by atoms with Gasteiger partial charge in [-0.05, 0) is 33.6 Å². The predicted molar refractivity (Wildman–Crippen MR) is 116 cm³/mol. The maximum atomic E-state index is 13.3. The molecule has 9 nitrogen and oxygen atoms in total. The van der Waals surface area contributed by atoms with Gasteiger partial charge in [0.05, 0.1) is 36.4 Å². The number of ether oxygens (including phenoxy) is 4. The van der Waals surface area contributed by atoms with Gasteiger partial charge in [-0.15, -0.1) is 0 Å². The summed E-state index contributed by atoms with van der Waals surface area (Å²) in [5.74, 6) is 0.185. The topological polar surface area (TPSA) is 100.0 Å². The van der Waals surface area contributed by atoms with Crippen LogP contribution >= 0.6 is 15.9 Å². The summed E-state index contributed by atoms with van der Waals surface area (Å²) in [5, 5.41) is 7.83. The number of carbonyl (C=O) groups is 1. The van der Waals surface area contributed by atoms with Crippen molar-refractivity contribution in [2.24, 2.45) is 16.2 Å². The molecule has 0 spiro atoms. The van der Waals surface area contributed by atoms with Gasteiger partial charge in [0, 0.05) is 0 Å². The van der Waals surface area contributed by atoms with Gasteiger partial charge in [0.1, 0.15) is 5.82 Å². The Balaban J connectivity index is 1.56. The SMILES string of the molecule is COc1c2c(c(Br)c([C@H]3ON=C(C(=O)N/N=C\c4cccc(F)c4)[C@H]3C)c1OC)OCO2. The molecule has 2 aliphatic heterocycles. The van der Waals surface area contributed by atoms with E-state index in [0.717, 1.165) is 0 Å². The highest BCUT2D eigenvalue weighted by Crippen LogP contribution is 2.57. The fraction of sp³-hybridized carbons (Fsp3) is 0.286. The fourth-order valence-corrected chi connectivity index (χ4v) is 4.19. The number of rotatable bonds is 6. The average Bonchev–Trinajstić information content (AvgIpc) is 3.41. The number of benzene rings is 2. The van der Waals surface area contributed by atoms with Crippen molar-refractivity contribution in [1.29, 1.82) is 0 Å². The van der Waals surface area contributed by atoms with Crippen molar-refractivity contribution >= 4 is 33.8 Å². The summed E-state index contributed by atoms with van der Waals surface area (Å²) in [7, 11) is 2.98. The van der Waals surface area contributed by atoms with E-state index in [2.05, 4.69) is 31.6 Å². The Kier molecular flexibility index (Phi) is 6.17. The molecule has 4 rings (SSSR count). The Morgan fingerprint density at radius 3 is 2.75 bits per heavy atom. The summed E-state index contributed by atoms with van der Waals surface area (Å²) in [6, 6.07) is 5.82. The lowest BCUT2D eigenvalue weighted by Crippen LogP contribution is -2.31. The molecule has 2 heterocycles. The van der Waals surface area contributed by atoms with Crippen LogP contribution in [-0.4, -0.2) is 38.8 Å². The number of nitrogens with one attached hydrogen (secondary N) is 1. The number of nitrogens with zero attached hydrogens (tertiary/aromatic N) is 2. The fourth-order valence-electron chi connectivity index (χ4n) is 3.49. The average molecular weight is 508 g/mol. The van der Waals surface area contributed by atoms with Gasteiger partial charge >= 0.3 is 0 Å². The molecule has 0 aliphatic carbocycles. The van der Waals surface area contributed by atoms with Crippen LogP contribution < -0.4 is 24.4 Å². The molecule has 0 unspecified atom stereocenters. The molecule has 0 aromatic heterocycles. The lowest BCUT2D eigenvalue weighted by Gasteiger charge is -2.22. The molecular formula is C21H19BrFN3O6. The van der Waals surface area contributed by atoms with Crippen LogP contribution in [0.1, 0.15) is 24.2 Å². The molecule has 0 bridgehead atoms. The van der Waals surface area contributed by atoms with Crippen LogP contribution in [0, 0.1) is 11.7 Å². The van der Waals surface area contributed by atoms with Crippen LogP contribution in [-0.2, 0) is 9.63 Å². The number of hydrogen-bond acceptors (Lipinski definition) is 8. The zero-order valence-electron chi connectivity index (χ0n) is 17.3. The van der Waals surface area contributed by atoms with Crippen LogP contribution in [0.25, 0.3) is 0 Å². The van der Waals surface area contributed by atoms with E-state index in [1.165, 1.54) is 32.6 Å². The van der Waals surface area contributed by atoms with Crippen molar-refractivity contribution in [2.75, 3.05) is 21.0 Å². The number of methoxy groups -OCH3 is 2. The maximum Gasteiger partial charge on any atom is 0.289 e. The van der Waals surface area contributed by atoms with Crippen molar-refractivity contribution in [2.45, 2.75) is 13.0 Å². The maximum absolute atomic E-state index is 13.3. The first-order chi connectivity index (χ1) is 15.5. The molecule has 2 aliphatic rings. The zero-order valence-corrected chi connectivity index (χ0v) is 18.9. The van der Waals surface area contributed by atoms with Gasteiger partial charge in [-0.1, -0.05) is 24.2 Å². The zero-order chi connectivity index (χ0) is 22.8. The summed E-state index contributed by atoms with van der Waals surface area (Å²) < 4.78 is 35.9. The first-order valence-electron chi connectivity index (χ1n) is 9.51. The smallest absolute Gasteiger partial charge is 0.289 e. The third-order valence-electron chi connectivity index (χ3n) is 5.01. The largest absolute Gasteiger partial charge is 0.492 e. The number of halogens is 2. The van der Waals surface area contributed by atoms with Crippen molar-refractivity contribution < 1.29 is 33.0 Å². The Labute approximate surface area is 191 Å². The van der Waals surface area contributed by atoms with E-state index in [1.54, 1.807) is 19.1 Å². The number of hydrazone groups is 1. The van der Waals surface area contributed by atoms with Gasteiger partial charge in [-0.3, -0.25) is 4.79 Å². The molecule has 2 atom stereocenters. The number of oxime groups is 1. The number of amides is 1. The Hall–Kier alpha value is -3.34. The molecule has 2 aromatic rings. The van der Waals surface area contributed by atoms with Gasteiger partial charge in [0.25, 0.3) is 5.91 Å². The number of fused-ring (bicyclic) bond motifs is 1. The van der Waals surface area contributed by atoms with E-state index < -0.39 is 23.7 Å². The molecule has 1 amide bonds. The molecule has 2 aromatic carbocycles. The number of hydrogen-bond donors (Lipinski definition) is 1.